The van der Waals surface area contributed by atoms with Gasteiger partial charge in [0, 0.05) is 28.7 Å². The molecule has 0 bridgehead atoms. The third-order valence-electron chi connectivity index (χ3n) is 7.00. The van der Waals surface area contributed by atoms with Crippen molar-refractivity contribution in [2.45, 2.75) is 59.7 Å². The molecule has 0 N–H and O–H groups in total. The number of benzene rings is 2. The van der Waals surface area contributed by atoms with E-state index in [4.69, 9.17) is 19.2 Å². The lowest BCUT2D eigenvalue weighted by Crippen LogP contribution is -2.40. The van der Waals surface area contributed by atoms with E-state index >= 15 is 0 Å². The van der Waals surface area contributed by atoms with Crippen LogP contribution in [0.5, 0.6) is 11.5 Å². The fraction of sp³-hybridized carbons (Fsp3) is 0.344. The molecule has 0 saturated carbocycles. The largest absolute Gasteiger partial charge is 0.493 e. The van der Waals surface area contributed by atoms with Crippen LogP contribution in [0.15, 0.2) is 69.7 Å². The third kappa shape index (κ3) is 5.22. The number of esters is 1. The molecule has 0 aliphatic carbocycles. The SMILES string of the molecule is CCOC(=O)C1=C(C)N=c2s/c(=C/c3cn(C(C)C)c4ccccc34)c(=O)n2[C@@H]1c1ccc(OC(C)C)c(OC)c1. The van der Waals surface area contributed by atoms with Crippen LogP contribution in [0.25, 0.3) is 17.0 Å². The lowest BCUT2D eigenvalue weighted by atomic mass is 9.95. The number of nitrogens with zero attached hydrogens (tertiary/aromatic N) is 3. The van der Waals surface area contributed by atoms with Crippen LogP contribution in [0.3, 0.4) is 0 Å². The van der Waals surface area contributed by atoms with E-state index in [1.807, 2.05) is 50.3 Å². The van der Waals surface area contributed by atoms with Crippen molar-refractivity contribution >= 4 is 34.3 Å². The van der Waals surface area contributed by atoms with Crippen LogP contribution in [0.2, 0.25) is 0 Å². The molecule has 0 fully saturated rings. The maximum atomic E-state index is 14.1. The van der Waals surface area contributed by atoms with Crippen molar-refractivity contribution in [3.8, 4) is 11.5 Å². The van der Waals surface area contributed by atoms with Gasteiger partial charge in [-0.15, -0.1) is 0 Å². The lowest BCUT2D eigenvalue weighted by molar-refractivity contribution is -0.139. The minimum atomic E-state index is -0.744. The Morgan fingerprint density at radius 3 is 2.56 bits per heavy atom. The predicted molar refractivity (Wildman–Crippen MR) is 161 cm³/mol. The lowest BCUT2D eigenvalue weighted by Gasteiger charge is -2.25. The maximum absolute atomic E-state index is 14.1. The van der Waals surface area contributed by atoms with Crippen molar-refractivity contribution in [3.05, 3.63) is 90.7 Å². The zero-order valence-electron chi connectivity index (χ0n) is 24.4. The molecule has 5 rings (SSSR count). The quantitative estimate of drug-likeness (QED) is 0.273. The predicted octanol–water partition coefficient (Wildman–Crippen LogP) is 5.13. The topological polar surface area (TPSA) is 84.1 Å². The number of rotatable bonds is 8. The van der Waals surface area contributed by atoms with E-state index in [0.717, 1.165) is 16.5 Å². The molecule has 2 aromatic carbocycles. The van der Waals surface area contributed by atoms with Crippen LogP contribution in [0, 0.1) is 0 Å². The molecule has 0 radical (unpaired) electrons. The Bertz CT molecular complexity index is 1840. The van der Waals surface area contributed by atoms with E-state index in [1.54, 1.807) is 25.5 Å². The molecule has 41 heavy (non-hydrogen) atoms. The Balaban J connectivity index is 1.73. The number of carbonyl (C=O) groups is 1. The highest BCUT2D eigenvalue weighted by atomic mass is 32.1. The molecule has 4 aromatic rings. The van der Waals surface area contributed by atoms with Crippen molar-refractivity contribution in [1.29, 1.82) is 0 Å². The van der Waals surface area contributed by atoms with Gasteiger partial charge < -0.3 is 18.8 Å². The van der Waals surface area contributed by atoms with Crippen molar-refractivity contribution in [2.24, 2.45) is 4.99 Å². The summed E-state index contributed by atoms with van der Waals surface area (Å²) in [5, 5.41) is 1.07. The highest BCUT2D eigenvalue weighted by molar-refractivity contribution is 7.07. The average Bonchev–Trinajstić information content (AvgIpc) is 3.45. The molecule has 1 aliphatic rings. The van der Waals surface area contributed by atoms with E-state index in [2.05, 4.69) is 36.7 Å². The number of hydrogen-bond acceptors (Lipinski definition) is 7. The summed E-state index contributed by atoms with van der Waals surface area (Å²) >= 11 is 1.31. The van der Waals surface area contributed by atoms with Gasteiger partial charge in [0.1, 0.15) is 0 Å². The average molecular weight is 574 g/mol. The Morgan fingerprint density at radius 1 is 1.12 bits per heavy atom. The molecule has 0 unspecified atom stereocenters. The third-order valence-corrected chi connectivity index (χ3v) is 7.98. The number of fused-ring (bicyclic) bond motifs is 2. The zero-order chi connectivity index (χ0) is 29.4. The summed E-state index contributed by atoms with van der Waals surface area (Å²) in [6.07, 6.45) is 3.95. The molecule has 0 saturated heterocycles. The normalized spacial score (nSPS) is 15.4. The number of hydrogen-bond donors (Lipinski definition) is 0. The number of carbonyl (C=O) groups excluding carboxylic acids is 1. The number of para-hydroxylation sites is 1. The van der Waals surface area contributed by atoms with Gasteiger partial charge in [-0.05, 0) is 71.4 Å². The summed E-state index contributed by atoms with van der Waals surface area (Å²) in [6.45, 7) is 11.9. The Morgan fingerprint density at radius 2 is 1.88 bits per heavy atom. The minimum absolute atomic E-state index is 0.0497. The van der Waals surface area contributed by atoms with Gasteiger partial charge in [0.05, 0.1) is 41.7 Å². The molecule has 8 nitrogen and oxygen atoms in total. The smallest absolute Gasteiger partial charge is 0.338 e. The number of allylic oxidation sites excluding steroid dienone is 1. The van der Waals surface area contributed by atoms with Crippen LogP contribution in [-0.2, 0) is 9.53 Å². The van der Waals surface area contributed by atoms with Crippen LogP contribution in [0.4, 0.5) is 0 Å². The first-order valence-corrected chi connectivity index (χ1v) is 14.6. The second-order valence-corrected chi connectivity index (χ2v) is 11.5. The molecule has 3 heterocycles. The monoisotopic (exact) mass is 573 g/mol. The first-order valence-electron chi connectivity index (χ1n) is 13.8. The van der Waals surface area contributed by atoms with Gasteiger partial charge in [0.15, 0.2) is 16.3 Å². The first-order chi connectivity index (χ1) is 19.6. The maximum Gasteiger partial charge on any atom is 0.338 e. The Hall–Kier alpha value is -4.11. The summed E-state index contributed by atoms with van der Waals surface area (Å²) in [6, 6.07) is 13.2. The Kier molecular flexibility index (Phi) is 7.91. The number of aromatic nitrogens is 2. The van der Waals surface area contributed by atoms with Crippen molar-refractivity contribution in [1.82, 2.24) is 9.13 Å². The zero-order valence-corrected chi connectivity index (χ0v) is 25.2. The van der Waals surface area contributed by atoms with Gasteiger partial charge in [-0.3, -0.25) is 9.36 Å². The second kappa shape index (κ2) is 11.4. The van der Waals surface area contributed by atoms with Gasteiger partial charge in [-0.1, -0.05) is 35.6 Å². The molecular formula is C32H35N3O5S. The molecule has 0 amide bonds. The molecule has 214 valence electrons. The summed E-state index contributed by atoms with van der Waals surface area (Å²) in [4.78, 5) is 32.6. The van der Waals surface area contributed by atoms with Crippen LogP contribution in [-0.4, -0.2) is 34.9 Å². The summed E-state index contributed by atoms with van der Waals surface area (Å²) < 4.78 is 21.3. The second-order valence-electron chi connectivity index (χ2n) is 10.5. The fourth-order valence-corrected chi connectivity index (χ4v) is 6.27. The molecule has 0 spiro atoms. The van der Waals surface area contributed by atoms with Gasteiger partial charge in [0.25, 0.3) is 5.56 Å². The van der Waals surface area contributed by atoms with E-state index < -0.39 is 12.0 Å². The summed E-state index contributed by atoms with van der Waals surface area (Å²) in [5.74, 6) is 0.589. The van der Waals surface area contributed by atoms with Crippen molar-refractivity contribution in [3.63, 3.8) is 0 Å². The summed E-state index contributed by atoms with van der Waals surface area (Å²) in [5.41, 5.74) is 3.36. The molecule has 1 aliphatic heterocycles. The Labute approximate surface area is 242 Å². The molecule has 1 atom stereocenters. The molecule has 9 heteroatoms. The van der Waals surface area contributed by atoms with E-state index in [9.17, 15) is 9.59 Å². The summed E-state index contributed by atoms with van der Waals surface area (Å²) in [7, 11) is 1.57. The minimum Gasteiger partial charge on any atom is -0.493 e. The number of ether oxygens (including phenoxy) is 3. The highest BCUT2D eigenvalue weighted by Crippen LogP contribution is 2.36. The molecule has 2 aromatic heterocycles. The van der Waals surface area contributed by atoms with Crippen LogP contribution < -0.4 is 24.4 Å². The van der Waals surface area contributed by atoms with E-state index in [0.29, 0.717) is 37.7 Å². The van der Waals surface area contributed by atoms with Gasteiger partial charge in [-0.25, -0.2) is 9.79 Å². The van der Waals surface area contributed by atoms with E-state index in [1.165, 1.54) is 11.3 Å². The highest BCUT2D eigenvalue weighted by Gasteiger charge is 2.34. The first kappa shape index (κ1) is 28.4. The van der Waals surface area contributed by atoms with Gasteiger partial charge >= 0.3 is 5.97 Å². The fourth-order valence-electron chi connectivity index (χ4n) is 5.23. The van der Waals surface area contributed by atoms with Crippen molar-refractivity contribution < 1.29 is 19.0 Å². The van der Waals surface area contributed by atoms with Gasteiger partial charge in [-0.2, -0.15) is 0 Å². The number of thiazole rings is 1. The standard InChI is InChI=1S/C32H35N3O5S/c1-8-39-31(37)28-20(6)33-32-35(29(28)21-13-14-25(40-19(4)5)26(15-21)38-7)30(36)27(41-32)16-22-17-34(18(2)3)24-12-10-9-11-23(22)24/h9-19,29H,8H2,1-7H3/b27-16+/t29-/m1/s1. The number of methoxy groups -OCH3 is 1. The van der Waals surface area contributed by atoms with Gasteiger partial charge in [0.2, 0.25) is 0 Å². The van der Waals surface area contributed by atoms with Crippen LogP contribution in [0.1, 0.15) is 64.8 Å². The van der Waals surface area contributed by atoms with Crippen molar-refractivity contribution in [2.75, 3.05) is 13.7 Å². The molecular weight excluding hydrogens is 538 g/mol. The van der Waals surface area contributed by atoms with E-state index in [-0.39, 0.29) is 24.3 Å². The van der Waals surface area contributed by atoms with Crippen LogP contribution >= 0.6 is 11.3 Å².